The van der Waals surface area contributed by atoms with Crippen molar-refractivity contribution in [3.05, 3.63) is 72.3 Å². The highest BCUT2D eigenvalue weighted by molar-refractivity contribution is 5.78. The average Bonchev–Trinajstić information content (AvgIpc) is 2.40. The van der Waals surface area contributed by atoms with Crippen molar-refractivity contribution >= 4 is 5.57 Å². The smallest absolute Gasteiger partial charge is 0.119 e. The summed E-state index contributed by atoms with van der Waals surface area (Å²) < 4.78 is 5.49. The molecule has 17 heavy (non-hydrogen) atoms. The van der Waals surface area contributed by atoms with Crippen LogP contribution >= 0.6 is 0 Å². The lowest BCUT2D eigenvalue weighted by molar-refractivity contribution is 0.340. The molecule has 0 saturated heterocycles. The lowest BCUT2D eigenvalue weighted by atomic mass is 10.00. The molecule has 0 spiro atoms. The molecule has 0 saturated carbocycles. The van der Waals surface area contributed by atoms with Crippen LogP contribution in [0, 0.1) is 0 Å². The molecule has 86 valence electrons. The molecule has 0 aliphatic rings. The summed E-state index contributed by atoms with van der Waals surface area (Å²) in [5, 5.41) is 0. The monoisotopic (exact) mass is 224 g/mol. The van der Waals surface area contributed by atoms with Gasteiger partial charge < -0.3 is 4.74 Å². The first-order valence-corrected chi connectivity index (χ1v) is 5.79. The van der Waals surface area contributed by atoms with E-state index in [-0.39, 0.29) is 0 Å². The van der Waals surface area contributed by atoms with Gasteiger partial charge in [0.15, 0.2) is 0 Å². The van der Waals surface area contributed by atoms with Crippen LogP contribution in [0.1, 0.15) is 18.1 Å². The number of benzene rings is 2. The van der Waals surface area contributed by atoms with Gasteiger partial charge in [-0.2, -0.15) is 0 Å². The Morgan fingerprint density at radius 2 is 1.71 bits per heavy atom. The molecule has 2 rings (SSSR count). The summed E-state index contributed by atoms with van der Waals surface area (Å²) >= 11 is 0. The molecule has 0 heterocycles. The van der Waals surface area contributed by atoms with E-state index in [1.807, 2.05) is 43.3 Å². The van der Waals surface area contributed by atoms with Crippen LogP contribution in [0.5, 0.6) is 5.75 Å². The van der Waals surface area contributed by atoms with Gasteiger partial charge in [-0.15, -0.1) is 0 Å². The van der Waals surface area contributed by atoms with Crippen LogP contribution in [0.2, 0.25) is 0 Å². The molecule has 2 aromatic rings. The molecule has 0 aromatic heterocycles. The molecule has 1 nitrogen and oxygen atoms in total. The summed E-state index contributed by atoms with van der Waals surface area (Å²) in [6, 6.07) is 18.2. The van der Waals surface area contributed by atoms with Gasteiger partial charge in [0.2, 0.25) is 0 Å². The van der Waals surface area contributed by atoms with Gasteiger partial charge in [-0.3, -0.25) is 0 Å². The maximum atomic E-state index is 5.49. The van der Waals surface area contributed by atoms with Gasteiger partial charge in [0, 0.05) is 0 Å². The normalized spacial score (nSPS) is 9.94. The fourth-order valence-corrected chi connectivity index (χ4v) is 1.75. The molecule has 0 aliphatic heterocycles. The second-order valence-electron chi connectivity index (χ2n) is 3.81. The Balaban J connectivity index is 2.28. The third kappa shape index (κ3) is 2.76. The minimum atomic E-state index is 0.682. The third-order valence-electron chi connectivity index (χ3n) is 2.62. The van der Waals surface area contributed by atoms with Crippen LogP contribution in [0.25, 0.3) is 5.57 Å². The molecule has 0 fully saturated rings. The maximum Gasteiger partial charge on any atom is 0.119 e. The summed E-state index contributed by atoms with van der Waals surface area (Å²) in [5.74, 6) is 0.891. The van der Waals surface area contributed by atoms with Crippen molar-refractivity contribution in [1.29, 1.82) is 0 Å². The fourth-order valence-electron chi connectivity index (χ4n) is 1.75. The average molecular weight is 224 g/mol. The first kappa shape index (κ1) is 11.5. The van der Waals surface area contributed by atoms with E-state index in [2.05, 4.69) is 24.8 Å². The summed E-state index contributed by atoms with van der Waals surface area (Å²) in [4.78, 5) is 0. The minimum absolute atomic E-state index is 0.682. The number of rotatable bonds is 4. The van der Waals surface area contributed by atoms with Gasteiger partial charge in [0.25, 0.3) is 0 Å². The zero-order chi connectivity index (χ0) is 12.1. The van der Waals surface area contributed by atoms with Crippen molar-refractivity contribution in [1.82, 2.24) is 0 Å². The topological polar surface area (TPSA) is 9.23 Å². The molecule has 0 amide bonds. The van der Waals surface area contributed by atoms with Crippen molar-refractivity contribution in [2.75, 3.05) is 6.61 Å². The van der Waals surface area contributed by atoms with E-state index in [4.69, 9.17) is 4.74 Å². The van der Waals surface area contributed by atoms with E-state index in [0.717, 1.165) is 22.4 Å². The van der Waals surface area contributed by atoms with Crippen LogP contribution in [0.15, 0.2) is 61.2 Å². The lowest BCUT2D eigenvalue weighted by Gasteiger charge is -2.08. The highest BCUT2D eigenvalue weighted by atomic mass is 16.5. The van der Waals surface area contributed by atoms with Gasteiger partial charge >= 0.3 is 0 Å². The van der Waals surface area contributed by atoms with Gasteiger partial charge in [-0.05, 0) is 35.8 Å². The van der Waals surface area contributed by atoms with Crippen LogP contribution in [0.4, 0.5) is 0 Å². The van der Waals surface area contributed by atoms with E-state index in [1.165, 1.54) is 0 Å². The van der Waals surface area contributed by atoms with Crippen molar-refractivity contribution in [3.8, 4) is 5.75 Å². The Hall–Kier alpha value is -2.02. The molecule has 0 N–H and O–H groups in total. The highest BCUT2D eigenvalue weighted by Gasteiger charge is 2.02. The molecule has 2 aromatic carbocycles. The van der Waals surface area contributed by atoms with E-state index in [9.17, 15) is 0 Å². The number of hydrogen-bond acceptors (Lipinski definition) is 1. The molecular weight excluding hydrogens is 208 g/mol. The van der Waals surface area contributed by atoms with Crippen molar-refractivity contribution in [2.24, 2.45) is 0 Å². The quantitative estimate of drug-likeness (QED) is 0.758. The molecule has 0 aliphatic carbocycles. The number of ether oxygens (including phenoxy) is 1. The first-order chi connectivity index (χ1) is 8.31. The Kier molecular flexibility index (Phi) is 3.61. The standard InChI is InChI=1S/C16H16O/c1-3-17-16-11-7-10-15(12-16)13(2)14-8-5-4-6-9-14/h4-12H,2-3H2,1H3. The SMILES string of the molecule is C=C(c1ccccc1)c1cccc(OCC)c1. The molecule has 1 heteroatoms. The predicted molar refractivity (Wildman–Crippen MR) is 72.2 cm³/mol. The Morgan fingerprint density at radius 3 is 2.41 bits per heavy atom. The molecule has 0 radical (unpaired) electrons. The van der Waals surface area contributed by atoms with Gasteiger partial charge in [0.1, 0.15) is 5.75 Å². The summed E-state index contributed by atoms with van der Waals surface area (Å²) in [5.41, 5.74) is 3.26. The first-order valence-electron chi connectivity index (χ1n) is 5.79. The van der Waals surface area contributed by atoms with Gasteiger partial charge in [-0.1, -0.05) is 49.0 Å². The predicted octanol–water partition coefficient (Wildman–Crippen LogP) is 4.15. The zero-order valence-electron chi connectivity index (χ0n) is 10.0. The van der Waals surface area contributed by atoms with E-state index in [0.29, 0.717) is 6.61 Å². The van der Waals surface area contributed by atoms with E-state index >= 15 is 0 Å². The zero-order valence-corrected chi connectivity index (χ0v) is 10.0. The summed E-state index contributed by atoms with van der Waals surface area (Å²) in [6.07, 6.45) is 0. The van der Waals surface area contributed by atoms with Gasteiger partial charge in [-0.25, -0.2) is 0 Å². The van der Waals surface area contributed by atoms with E-state index < -0.39 is 0 Å². The van der Waals surface area contributed by atoms with Crippen molar-refractivity contribution in [3.63, 3.8) is 0 Å². The molecular formula is C16H16O. The molecule has 0 unspecified atom stereocenters. The molecule has 0 bridgehead atoms. The largest absolute Gasteiger partial charge is 0.494 e. The van der Waals surface area contributed by atoms with Crippen molar-refractivity contribution < 1.29 is 4.74 Å². The van der Waals surface area contributed by atoms with E-state index in [1.54, 1.807) is 0 Å². The van der Waals surface area contributed by atoms with Crippen LogP contribution in [0.3, 0.4) is 0 Å². The second kappa shape index (κ2) is 5.35. The number of hydrogen-bond donors (Lipinski definition) is 0. The highest BCUT2D eigenvalue weighted by Crippen LogP contribution is 2.24. The second-order valence-corrected chi connectivity index (χ2v) is 3.81. The van der Waals surface area contributed by atoms with Crippen LogP contribution < -0.4 is 4.74 Å². The van der Waals surface area contributed by atoms with Crippen LogP contribution in [-0.2, 0) is 0 Å². The summed E-state index contributed by atoms with van der Waals surface area (Å²) in [7, 11) is 0. The Bertz CT molecular complexity index is 500. The minimum Gasteiger partial charge on any atom is -0.494 e. The lowest BCUT2D eigenvalue weighted by Crippen LogP contribution is -1.92. The molecule has 0 atom stereocenters. The third-order valence-corrected chi connectivity index (χ3v) is 2.62. The van der Waals surface area contributed by atoms with Crippen LogP contribution in [-0.4, -0.2) is 6.61 Å². The summed E-state index contributed by atoms with van der Waals surface area (Å²) in [6.45, 7) is 6.81. The fraction of sp³-hybridized carbons (Fsp3) is 0.125. The van der Waals surface area contributed by atoms with Gasteiger partial charge in [0.05, 0.1) is 6.61 Å². The van der Waals surface area contributed by atoms with Crippen molar-refractivity contribution in [2.45, 2.75) is 6.92 Å². The Morgan fingerprint density at radius 1 is 1.00 bits per heavy atom. The Labute approximate surface area is 102 Å². The maximum absolute atomic E-state index is 5.49.